The zero-order valence-corrected chi connectivity index (χ0v) is 14.5. The van der Waals surface area contributed by atoms with E-state index < -0.39 is 6.09 Å². The van der Waals surface area contributed by atoms with Crippen molar-refractivity contribution in [2.24, 2.45) is 5.92 Å². The van der Waals surface area contributed by atoms with E-state index >= 15 is 0 Å². The first-order valence-corrected chi connectivity index (χ1v) is 8.75. The Balaban J connectivity index is 1.50. The van der Waals surface area contributed by atoms with E-state index in [-0.39, 0.29) is 12.5 Å². The number of benzene rings is 2. The van der Waals surface area contributed by atoms with Crippen LogP contribution in [0.4, 0.5) is 4.79 Å². The zero-order chi connectivity index (χ0) is 17.6. The lowest BCUT2D eigenvalue weighted by Crippen LogP contribution is -2.40. The Bertz CT molecular complexity index is 751. The van der Waals surface area contributed by atoms with E-state index in [1.54, 1.807) is 4.90 Å². The van der Waals surface area contributed by atoms with Crippen LogP contribution < -0.4 is 5.32 Å². The van der Waals surface area contributed by atoms with Crippen LogP contribution in [0.1, 0.15) is 18.4 Å². The number of fused-ring (bicyclic) bond motifs is 1. The van der Waals surface area contributed by atoms with Crippen molar-refractivity contribution in [3.8, 4) is 0 Å². The lowest BCUT2D eigenvalue weighted by molar-refractivity contribution is -0.123. The third kappa shape index (κ3) is 4.50. The second-order valence-electron chi connectivity index (χ2n) is 6.54. The van der Waals surface area contributed by atoms with E-state index in [2.05, 4.69) is 47.8 Å². The maximum Gasteiger partial charge on any atom is 0.410 e. The molecule has 1 aliphatic rings. The largest absolute Gasteiger partial charge is 0.439 e. The number of rotatable bonds is 4. The van der Waals surface area contributed by atoms with E-state index in [0.29, 0.717) is 19.0 Å². The number of nitrogens with one attached hydrogen (secondary N) is 1. The Morgan fingerprint density at radius 2 is 1.84 bits per heavy atom. The molecule has 0 radical (unpaired) electrons. The molecule has 0 aliphatic carbocycles. The van der Waals surface area contributed by atoms with Gasteiger partial charge in [0, 0.05) is 20.1 Å². The van der Waals surface area contributed by atoms with Gasteiger partial charge < -0.3 is 15.0 Å². The molecular formula is C20H24N2O3. The minimum absolute atomic E-state index is 0.216. The highest BCUT2D eigenvalue weighted by Gasteiger charge is 2.24. The van der Waals surface area contributed by atoms with Gasteiger partial charge in [-0.15, -0.1) is 0 Å². The minimum atomic E-state index is -0.396. The number of nitrogens with zero attached hydrogens (tertiary/aromatic N) is 1. The number of ether oxygens (including phenoxy) is 1. The van der Waals surface area contributed by atoms with Crippen LogP contribution in [0.5, 0.6) is 0 Å². The molecule has 1 N–H and O–H groups in total. The molecule has 1 fully saturated rings. The standard InChI is InChI=1S/C20H24N2O3/c1-21-19(23)14-25-20(24)22-10-8-15(9-11-22)12-16-6-7-17-4-2-3-5-18(17)13-16/h2-7,13,15H,8-12,14H2,1H3,(H,21,23). The summed E-state index contributed by atoms with van der Waals surface area (Å²) in [6, 6.07) is 15.0. The van der Waals surface area contributed by atoms with E-state index in [1.807, 2.05) is 0 Å². The quantitative estimate of drug-likeness (QED) is 0.931. The van der Waals surface area contributed by atoms with Gasteiger partial charge >= 0.3 is 6.09 Å². The molecule has 1 aliphatic heterocycles. The smallest absolute Gasteiger partial charge is 0.410 e. The van der Waals surface area contributed by atoms with Crippen LogP contribution in [-0.4, -0.2) is 43.6 Å². The van der Waals surface area contributed by atoms with Gasteiger partial charge in [-0.1, -0.05) is 42.5 Å². The fraction of sp³-hybridized carbons (Fsp3) is 0.400. The summed E-state index contributed by atoms with van der Waals surface area (Å²) < 4.78 is 5.01. The van der Waals surface area contributed by atoms with Crippen molar-refractivity contribution < 1.29 is 14.3 Å². The van der Waals surface area contributed by atoms with Crippen LogP contribution in [0.2, 0.25) is 0 Å². The average Bonchev–Trinajstić information content (AvgIpc) is 2.66. The van der Waals surface area contributed by atoms with Gasteiger partial charge in [0.25, 0.3) is 5.91 Å². The minimum Gasteiger partial charge on any atom is -0.439 e. The summed E-state index contributed by atoms with van der Waals surface area (Å²) in [5, 5.41) is 4.97. The highest BCUT2D eigenvalue weighted by Crippen LogP contribution is 2.24. The zero-order valence-electron chi connectivity index (χ0n) is 14.5. The number of carbonyl (C=O) groups excluding carboxylic acids is 2. The van der Waals surface area contributed by atoms with E-state index in [4.69, 9.17) is 4.74 Å². The van der Waals surface area contributed by atoms with E-state index in [9.17, 15) is 9.59 Å². The molecular weight excluding hydrogens is 316 g/mol. The van der Waals surface area contributed by atoms with Gasteiger partial charge in [-0.3, -0.25) is 4.79 Å². The highest BCUT2D eigenvalue weighted by molar-refractivity contribution is 5.83. The first kappa shape index (κ1) is 17.3. The number of carbonyl (C=O) groups is 2. The summed E-state index contributed by atoms with van der Waals surface area (Å²) in [6.45, 7) is 1.15. The molecule has 1 saturated heterocycles. The molecule has 0 spiro atoms. The van der Waals surface area contributed by atoms with Crippen molar-refractivity contribution >= 4 is 22.8 Å². The summed E-state index contributed by atoms with van der Waals surface area (Å²) in [6.07, 6.45) is 2.56. The monoisotopic (exact) mass is 340 g/mol. The first-order chi connectivity index (χ1) is 12.2. The van der Waals surface area contributed by atoms with Gasteiger partial charge in [-0.05, 0) is 41.5 Å². The Labute approximate surface area is 148 Å². The molecule has 0 aromatic heterocycles. The molecule has 0 unspecified atom stereocenters. The summed E-state index contributed by atoms with van der Waals surface area (Å²) in [4.78, 5) is 24.8. The number of hydrogen-bond donors (Lipinski definition) is 1. The molecule has 2 aromatic carbocycles. The van der Waals surface area contributed by atoms with Crippen molar-refractivity contribution in [1.29, 1.82) is 0 Å². The third-order valence-electron chi connectivity index (χ3n) is 4.82. The molecule has 5 heteroatoms. The predicted octanol–water partition coefficient (Wildman–Crippen LogP) is 2.98. The van der Waals surface area contributed by atoms with Gasteiger partial charge in [-0.25, -0.2) is 4.79 Å². The summed E-state index contributed by atoms with van der Waals surface area (Å²) in [7, 11) is 1.52. The molecule has 1 heterocycles. The first-order valence-electron chi connectivity index (χ1n) is 8.75. The molecule has 0 atom stereocenters. The van der Waals surface area contributed by atoms with Gasteiger partial charge in [0.05, 0.1) is 0 Å². The van der Waals surface area contributed by atoms with Crippen molar-refractivity contribution in [2.45, 2.75) is 19.3 Å². The second-order valence-corrected chi connectivity index (χ2v) is 6.54. The van der Waals surface area contributed by atoms with Crippen molar-refractivity contribution in [1.82, 2.24) is 10.2 Å². The average molecular weight is 340 g/mol. The summed E-state index contributed by atoms with van der Waals surface area (Å²) >= 11 is 0. The van der Waals surface area contributed by atoms with Crippen LogP contribution in [-0.2, 0) is 16.0 Å². The van der Waals surface area contributed by atoms with Crippen LogP contribution >= 0.6 is 0 Å². The fourth-order valence-electron chi connectivity index (χ4n) is 3.31. The molecule has 25 heavy (non-hydrogen) atoms. The Morgan fingerprint density at radius 1 is 1.12 bits per heavy atom. The van der Waals surface area contributed by atoms with Crippen LogP contribution in [0.3, 0.4) is 0 Å². The maximum atomic E-state index is 12.0. The number of likely N-dealkylation sites (N-methyl/N-ethyl adjacent to an activating group) is 1. The van der Waals surface area contributed by atoms with E-state index in [1.165, 1.54) is 23.4 Å². The van der Waals surface area contributed by atoms with Crippen LogP contribution in [0.15, 0.2) is 42.5 Å². The number of amides is 2. The fourth-order valence-corrected chi connectivity index (χ4v) is 3.31. The normalized spacial score (nSPS) is 15.2. The second kappa shape index (κ2) is 8.01. The van der Waals surface area contributed by atoms with Crippen LogP contribution in [0.25, 0.3) is 10.8 Å². The van der Waals surface area contributed by atoms with Gasteiger partial charge in [0.2, 0.25) is 0 Å². The summed E-state index contributed by atoms with van der Waals surface area (Å²) in [5.41, 5.74) is 1.35. The molecule has 2 aromatic rings. The summed E-state index contributed by atoms with van der Waals surface area (Å²) in [5.74, 6) is 0.281. The SMILES string of the molecule is CNC(=O)COC(=O)N1CCC(Cc2ccc3ccccc3c2)CC1. The Hall–Kier alpha value is -2.56. The van der Waals surface area contributed by atoms with Gasteiger partial charge in [0.1, 0.15) is 0 Å². The number of piperidine rings is 1. The molecule has 0 saturated carbocycles. The van der Waals surface area contributed by atoms with Crippen molar-refractivity contribution in [3.05, 3.63) is 48.0 Å². The number of likely N-dealkylation sites (tertiary alicyclic amines) is 1. The maximum absolute atomic E-state index is 12.0. The lowest BCUT2D eigenvalue weighted by atomic mass is 9.89. The third-order valence-corrected chi connectivity index (χ3v) is 4.82. The molecule has 3 rings (SSSR count). The molecule has 0 bridgehead atoms. The van der Waals surface area contributed by atoms with E-state index in [0.717, 1.165) is 19.3 Å². The Kier molecular flexibility index (Phi) is 5.53. The van der Waals surface area contributed by atoms with Crippen molar-refractivity contribution in [3.63, 3.8) is 0 Å². The number of hydrogen-bond acceptors (Lipinski definition) is 3. The lowest BCUT2D eigenvalue weighted by Gasteiger charge is -2.31. The van der Waals surface area contributed by atoms with Gasteiger partial charge in [-0.2, -0.15) is 0 Å². The topological polar surface area (TPSA) is 58.6 Å². The van der Waals surface area contributed by atoms with Crippen LogP contribution in [0, 0.1) is 5.92 Å². The van der Waals surface area contributed by atoms with Gasteiger partial charge in [0.15, 0.2) is 6.61 Å². The molecule has 5 nitrogen and oxygen atoms in total. The predicted molar refractivity (Wildman–Crippen MR) is 97.4 cm³/mol. The molecule has 2 amide bonds. The Morgan fingerprint density at radius 3 is 2.56 bits per heavy atom. The van der Waals surface area contributed by atoms with Crippen molar-refractivity contribution in [2.75, 3.05) is 26.7 Å². The molecule has 132 valence electrons. The highest BCUT2D eigenvalue weighted by atomic mass is 16.6.